The molecule has 104 valence electrons. The summed E-state index contributed by atoms with van der Waals surface area (Å²) in [5, 5.41) is 4.43. The minimum Gasteiger partial charge on any atom is -0.496 e. The number of nitrogens with one attached hydrogen (secondary N) is 1. The average Bonchev–Trinajstić information content (AvgIpc) is 2.85. The van der Waals surface area contributed by atoms with Crippen LogP contribution < -0.4 is 14.8 Å². The number of hydrogen-bond acceptors (Lipinski definition) is 4. The molecule has 0 saturated heterocycles. The monoisotopic (exact) mass is 263 g/mol. The third kappa shape index (κ3) is 3.01. The van der Waals surface area contributed by atoms with Crippen LogP contribution in [-0.2, 0) is 6.42 Å². The van der Waals surface area contributed by atoms with Crippen LogP contribution in [0.4, 0.5) is 0 Å². The molecule has 0 aliphatic heterocycles. The van der Waals surface area contributed by atoms with Crippen molar-refractivity contribution in [3.8, 4) is 11.5 Å². The standard InChI is InChI=1S/C15H21NO3/c1-4-6-16-7-5-11-10-19-14-9-12(17-2)8-13(18-3)15(11)14/h8-10,16H,4-7H2,1-3H3. The van der Waals surface area contributed by atoms with E-state index in [0.29, 0.717) is 0 Å². The first kappa shape index (κ1) is 13.7. The van der Waals surface area contributed by atoms with Gasteiger partial charge in [-0.15, -0.1) is 0 Å². The lowest BCUT2D eigenvalue weighted by molar-refractivity contribution is 0.397. The molecule has 4 heteroatoms. The van der Waals surface area contributed by atoms with Gasteiger partial charge in [-0.3, -0.25) is 0 Å². The molecule has 0 aliphatic rings. The Morgan fingerprint density at radius 2 is 2.00 bits per heavy atom. The van der Waals surface area contributed by atoms with Crippen molar-refractivity contribution in [3.63, 3.8) is 0 Å². The fourth-order valence-electron chi connectivity index (χ4n) is 2.16. The molecule has 0 unspecified atom stereocenters. The normalized spacial score (nSPS) is 10.9. The van der Waals surface area contributed by atoms with Crippen molar-refractivity contribution in [2.24, 2.45) is 0 Å². The molecule has 2 aromatic rings. The van der Waals surface area contributed by atoms with E-state index in [4.69, 9.17) is 13.9 Å². The Kier molecular flexibility index (Phi) is 4.68. The van der Waals surface area contributed by atoms with Crippen molar-refractivity contribution in [1.29, 1.82) is 0 Å². The highest BCUT2D eigenvalue weighted by atomic mass is 16.5. The van der Waals surface area contributed by atoms with Crippen LogP contribution in [-0.4, -0.2) is 27.3 Å². The van der Waals surface area contributed by atoms with E-state index in [1.807, 2.05) is 12.1 Å². The first-order chi connectivity index (χ1) is 9.30. The molecule has 0 aliphatic carbocycles. The van der Waals surface area contributed by atoms with Crippen molar-refractivity contribution >= 4 is 11.0 Å². The Morgan fingerprint density at radius 1 is 1.16 bits per heavy atom. The minimum atomic E-state index is 0.745. The van der Waals surface area contributed by atoms with E-state index >= 15 is 0 Å². The lowest BCUT2D eigenvalue weighted by Gasteiger charge is -2.07. The van der Waals surface area contributed by atoms with Gasteiger partial charge in [0.2, 0.25) is 0 Å². The Hall–Kier alpha value is -1.68. The van der Waals surface area contributed by atoms with Crippen molar-refractivity contribution < 1.29 is 13.9 Å². The maximum absolute atomic E-state index is 5.60. The zero-order valence-electron chi connectivity index (χ0n) is 11.8. The van der Waals surface area contributed by atoms with Gasteiger partial charge in [0.1, 0.15) is 17.1 Å². The molecule has 0 radical (unpaired) electrons. The van der Waals surface area contributed by atoms with Gasteiger partial charge in [0.05, 0.1) is 25.9 Å². The lowest BCUT2D eigenvalue weighted by atomic mass is 10.1. The molecule has 0 atom stereocenters. The lowest BCUT2D eigenvalue weighted by Crippen LogP contribution is -2.17. The van der Waals surface area contributed by atoms with Gasteiger partial charge in [-0.1, -0.05) is 6.92 Å². The van der Waals surface area contributed by atoms with Crippen LogP contribution in [0.25, 0.3) is 11.0 Å². The van der Waals surface area contributed by atoms with Gasteiger partial charge in [-0.25, -0.2) is 0 Å². The molecule has 0 bridgehead atoms. The Morgan fingerprint density at radius 3 is 2.68 bits per heavy atom. The number of fused-ring (bicyclic) bond motifs is 1. The number of furan rings is 1. The maximum atomic E-state index is 5.60. The maximum Gasteiger partial charge on any atom is 0.141 e. The number of benzene rings is 1. The van der Waals surface area contributed by atoms with E-state index < -0.39 is 0 Å². The molecule has 2 rings (SSSR count). The second kappa shape index (κ2) is 6.48. The molecular formula is C15H21NO3. The van der Waals surface area contributed by atoms with Crippen LogP contribution in [0.2, 0.25) is 0 Å². The smallest absolute Gasteiger partial charge is 0.141 e. The molecule has 1 aromatic carbocycles. The summed E-state index contributed by atoms with van der Waals surface area (Å²) in [6.45, 7) is 4.15. The molecule has 19 heavy (non-hydrogen) atoms. The summed E-state index contributed by atoms with van der Waals surface area (Å²) in [6, 6.07) is 3.78. The first-order valence-corrected chi connectivity index (χ1v) is 6.63. The Bertz CT molecular complexity index is 533. The van der Waals surface area contributed by atoms with E-state index in [0.717, 1.165) is 54.0 Å². The number of rotatable bonds is 7. The largest absolute Gasteiger partial charge is 0.496 e. The minimum absolute atomic E-state index is 0.745. The fourth-order valence-corrected chi connectivity index (χ4v) is 2.16. The summed E-state index contributed by atoms with van der Waals surface area (Å²) < 4.78 is 16.3. The molecule has 1 aromatic heterocycles. The summed E-state index contributed by atoms with van der Waals surface area (Å²) in [5.74, 6) is 1.54. The molecule has 0 amide bonds. The van der Waals surface area contributed by atoms with Gasteiger partial charge >= 0.3 is 0 Å². The van der Waals surface area contributed by atoms with E-state index in [2.05, 4.69) is 12.2 Å². The summed E-state index contributed by atoms with van der Waals surface area (Å²) in [6.07, 6.45) is 3.88. The van der Waals surface area contributed by atoms with Crippen LogP contribution in [0.5, 0.6) is 11.5 Å². The molecule has 0 saturated carbocycles. The van der Waals surface area contributed by atoms with Crippen LogP contribution in [0.1, 0.15) is 18.9 Å². The van der Waals surface area contributed by atoms with Crippen molar-refractivity contribution in [2.45, 2.75) is 19.8 Å². The Balaban J connectivity index is 2.25. The van der Waals surface area contributed by atoms with E-state index in [1.54, 1.807) is 20.5 Å². The first-order valence-electron chi connectivity index (χ1n) is 6.63. The van der Waals surface area contributed by atoms with Crippen LogP contribution in [0.15, 0.2) is 22.8 Å². The van der Waals surface area contributed by atoms with Crippen LogP contribution in [0, 0.1) is 0 Å². The Labute approximate surface area is 113 Å². The van der Waals surface area contributed by atoms with E-state index in [9.17, 15) is 0 Å². The van der Waals surface area contributed by atoms with Crippen LogP contribution >= 0.6 is 0 Å². The summed E-state index contributed by atoms with van der Waals surface area (Å²) in [5.41, 5.74) is 1.97. The highest BCUT2D eigenvalue weighted by Crippen LogP contribution is 2.34. The number of methoxy groups -OCH3 is 2. The number of hydrogen-bond donors (Lipinski definition) is 1. The fraction of sp³-hybridized carbons (Fsp3) is 0.467. The van der Waals surface area contributed by atoms with Gasteiger partial charge in [0.15, 0.2) is 0 Å². The molecular weight excluding hydrogens is 242 g/mol. The zero-order chi connectivity index (χ0) is 13.7. The predicted octanol–water partition coefficient (Wildman–Crippen LogP) is 2.99. The second-order valence-electron chi connectivity index (χ2n) is 4.46. The van der Waals surface area contributed by atoms with Gasteiger partial charge in [0, 0.05) is 17.7 Å². The summed E-state index contributed by atoms with van der Waals surface area (Å²) in [7, 11) is 3.31. The number of ether oxygens (including phenoxy) is 2. The average molecular weight is 263 g/mol. The van der Waals surface area contributed by atoms with Crippen LogP contribution in [0.3, 0.4) is 0 Å². The molecule has 4 nitrogen and oxygen atoms in total. The molecule has 0 fully saturated rings. The van der Waals surface area contributed by atoms with E-state index in [1.165, 1.54) is 0 Å². The van der Waals surface area contributed by atoms with Crippen molar-refractivity contribution in [2.75, 3.05) is 27.3 Å². The van der Waals surface area contributed by atoms with Gasteiger partial charge in [-0.2, -0.15) is 0 Å². The summed E-state index contributed by atoms with van der Waals surface area (Å²) >= 11 is 0. The molecule has 0 spiro atoms. The third-order valence-electron chi connectivity index (χ3n) is 3.14. The topological polar surface area (TPSA) is 43.6 Å². The summed E-state index contributed by atoms with van der Waals surface area (Å²) in [4.78, 5) is 0. The highest BCUT2D eigenvalue weighted by Gasteiger charge is 2.13. The van der Waals surface area contributed by atoms with Gasteiger partial charge in [0.25, 0.3) is 0 Å². The van der Waals surface area contributed by atoms with Gasteiger partial charge < -0.3 is 19.2 Å². The predicted molar refractivity (Wildman–Crippen MR) is 76.2 cm³/mol. The molecule has 1 N–H and O–H groups in total. The second-order valence-corrected chi connectivity index (χ2v) is 4.46. The quantitative estimate of drug-likeness (QED) is 0.780. The van der Waals surface area contributed by atoms with Gasteiger partial charge in [-0.05, 0) is 25.9 Å². The SMILES string of the molecule is CCCNCCc1coc2cc(OC)cc(OC)c12. The van der Waals surface area contributed by atoms with E-state index in [-0.39, 0.29) is 0 Å². The van der Waals surface area contributed by atoms with Crippen molar-refractivity contribution in [1.82, 2.24) is 5.32 Å². The zero-order valence-corrected chi connectivity index (χ0v) is 11.8. The third-order valence-corrected chi connectivity index (χ3v) is 3.14. The molecule has 1 heterocycles. The van der Waals surface area contributed by atoms with Crippen molar-refractivity contribution in [3.05, 3.63) is 24.0 Å². The highest BCUT2D eigenvalue weighted by molar-refractivity contribution is 5.89.